The van der Waals surface area contributed by atoms with Crippen molar-refractivity contribution >= 4 is 0 Å². The molecule has 0 aliphatic rings. The normalized spacial score (nSPS) is 10.6. The third-order valence-corrected chi connectivity index (χ3v) is 2.87. The van der Waals surface area contributed by atoms with Crippen LogP contribution in [0, 0.1) is 0 Å². The molecule has 19 heavy (non-hydrogen) atoms. The molecule has 2 heterocycles. The molecule has 0 atom stereocenters. The summed E-state index contributed by atoms with van der Waals surface area (Å²) in [6.07, 6.45) is 3.53. The quantitative estimate of drug-likeness (QED) is 0.770. The van der Waals surface area contributed by atoms with E-state index in [-0.39, 0.29) is 0 Å². The summed E-state index contributed by atoms with van der Waals surface area (Å²) < 4.78 is 1.79. The lowest BCUT2D eigenvalue weighted by Gasteiger charge is -2.07. The van der Waals surface area contributed by atoms with E-state index < -0.39 is 0 Å². The predicted octanol–water partition coefficient (Wildman–Crippen LogP) is 1.79. The standard InChI is InChI=1S/C14H13N5/c15-9-13-14(11-5-4-8-16-10-11)19(18-17-13)12-6-2-1-3-7-12/h1-8,10H,9,15H2. The number of rotatable bonds is 3. The third kappa shape index (κ3) is 2.11. The number of aromatic nitrogens is 4. The fourth-order valence-corrected chi connectivity index (χ4v) is 1.99. The molecule has 94 valence electrons. The van der Waals surface area contributed by atoms with Crippen LogP contribution in [0.4, 0.5) is 0 Å². The maximum atomic E-state index is 5.74. The van der Waals surface area contributed by atoms with Crippen LogP contribution in [-0.4, -0.2) is 20.0 Å². The molecule has 0 aliphatic carbocycles. The molecule has 2 N–H and O–H groups in total. The first-order valence-electron chi connectivity index (χ1n) is 6.00. The van der Waals surface area contributed by atoms with Gasteiger partial charge in [-0.15, -0.1) is 5.10 Å². The number of pyridine rings is 1. The van der Waals surface area contributed by atoms with Crippen LogP contribution in [0.15, 0.2) is 54.9 Å². The summed E-state index contributed by atoms with van der Waals surface area (Å²) in [5.74, 6) is 0. The van der Waals surface area contributed by atoms with Crippen LogP contribution in [0.1, 0.15) is 5.69 Å². The molecule has 0 amide bonds. The summed E-state index contributed by atoms with van der Waals surface area (Å²) in [4.78, 5) is 4.14. The van der Waals surface area contributed by atoms with Gasteiger partial charge in [0.15, 0.2) is 0 Å². The predicted molar refractivity (Wildman–Crippen MR) is 72.5 cm³/mol. The maximum absolute atomic E-state index is 5.74. The van der Waals surface area contributed by atoms with Crippen LogP contribution < -0.4 is 5.73 Å². The van der Waals surface area contributed by atoms with E-state index in [0.717, 1.165) is 22.6 Å². The molecule has 5 nitrogen and oxygen atoms in total. The summed E-state index contributed by atoms with van der Waals surface area (Å²) in [6.45, 7) is 0.344. The van der Waals surface area contributed by atoms with E-state index >= 15 is 0 Å². The Kier molecular flexibility index (Phi) is 3.04. The Labute approximate surface area is 110 Å². The van der Waals surface area contributed by atoms with Gasteiger partial charge in [-0.25, -0.2) is 4.68 Å². The van der Waals surface area contributed by atoms with Gasteiger partial charge in [0.1, 0.15) is 11.4 Å². The molecule has 0 saturated carbocycles. The molecule has 0 bridgehead atoms. The summed E-state index contributed by atoms with van der Waals surface area (Å²) in [5.41, 5.74) is 9.30. The highest BCUT2D eigenvalue weighted by Crippen LogP contribution is 2.23. The average molecular weight is 251 g/mol. The zero-order valence-corrected chi connectivity index (χ0v) is 10.3. The number of nitrogens with zero attached hydrogens (tertiary/aromatic N) is 4. The molecule has 0 saturated heterocycles. The molecular formula is C14H13N5. The smallest absolute Gasteiger partial charge is 0.105 e. The molecule has 0 unspecified atom stereocenters. The molecule has 0 fully saturated rings. The highest BCUT2D eigenvalue weighted by atomic mass is 15.4. The molecule has 0 spiro atoms. The van der Waals surface area contributed by atoms with Gasteiger partial charge in [-0.2, -0.15) is 0 Å². The van der Waals surface area contributed by atoms with E-state index in [4.69, 9.17) is 5.73 Å². The first-order chi connectivity index (χ1) is 9.40. The van der Waals surface area contributed by atoms with E-state index in [0.29, 0.717) is 6.54 Å². The van der Waals surface area contributed by atoms with E-state index in [1.165, 1.54) is 0 Å². The average Bonchev–Trinajstić information content (AvgIpc) is 2.93. The molecule has 3 rings (SSSR count). The summed E-state index contributed by atoms with van der Waals surface area (Å²) in [5, 5.41) is 8.34. The van der Waals surface area contributed by atoms with Crippen molar-refractivity contribution in [3.05, 3.63) is 60.6 Å². The highest BCUT2D eigenvalue weighted by molar-refractivity contribution is 5.63. The monoisotopic (exact) mass is 251 g/mol. The van der Waals surface area contributed by atoms with E-state index in [9.17, 15) is 0 Å². The Morgan fingerprint density at radius 2 is 1.89 bits per heavy atom. The van der Waals surface area contributed by atoms with Gasteiger partial charge in [-0.1, -0.05) is 23.4 Å². The zero-order valence-electron chi connectivity index (χ0n) is 10.3. The lowest BCUT2D eigenvalue weighted by atomic mass is 10.1. The SMILES string of the molecule is NCc1nnn(-c2ccccc2)c1-c1cccnc1. The molecule has 2 aromatic heterocycles. The zero-order chi connectivity index (χ0) is 13.1. The summed E-state index contributed by atoms with van der Waals surface area (Å²) >= 11 is 0. The van der Waals surface area contributed by atoms with Gasteiger partial charge in [0, 0.05) is 24.5 Å². The van der Waals surface area contributed by atoms with Gasteiger partial charge in [0.25, 0.3) is 0 Å². The number of benzene rings is 1. The van der Waals surface area contributed by atoms with E-state index in [2.05, 4.69) is 15.3 Å². The Bertz CT molecular complexity index is 661. The number of hydrogen-bond donors (Lipinski definition) is 1. The Morgan fingerprint density at radius 1 is 1.05 bits per heavy atom. The first kappa shape index (κ1) is 11.6. The largest absolute Gasteiger partial charge is 0.325 e. The van der Waals surface area contributed by atoms with E-state index in [1.54, 1.807) is 17.1 Å². The van der Waals surface area contributed by atoms with E-state index in [1.807, 2.05) is 42.5 Å². The minimum atomic E-state index is 0.344. The van der Waals surface area contributed by atoms with Crippen LogP contribution in [0.2, 0.25) is 0 Å². The van der Waals surface area contributed by atoms with Gasteiger partial charge in [-0.05, 0) is 24.3 Å². The van der Waals surface area contributed by atoms with Gasteiger partial charge in [0.2, 0.25) is 0 Å². The van der Waals surface area contributed by atoms with Crippen molar-refractivity contribution in [2.45, 2.75) is 6.54 Å². The van der Waals surface area contributed by atoms with Gasteiger partial charge in [0.05, 0.1) is 5.69 Å². The summed E-state index contributed by atoms with van der Waals surface area (Å²) in [7, 11) is 0. The van der Waals surface area contributed by atoms with Crippen molar-refractivity contribution in [1.29, 1.82) is 0 Å². The third-order valence-electron chi connectivity index (χ3n) is 2.87. The van der Waals surface area contributed by atoms with Crippen molar-refractivity contribution < 1.29 is 0 Å². The number of hydrogen-bond acceptors (Lipinski definition) is 4. The minimum Gasteiger partial charge on any atom is -0.325 e. The second kappa shape index (κ2) is 4.99. The lowest BCUT2D eigenvalue weighted by molar-refractivity contribution is 0.800. The van der Waals surface area contributed by atoms with Gasteiger partial charge in [-0.3, -0.25) is 4.98 Å². The molecule has 1 aromatic carbocycles. The van der Waals surface area contributed by atoms with Crippen molar-refractivity contribution in [2.24, 2.45) is 5.73 Å². The second-order valence-electron chi connectivity index (χ2n) is 4.08. The van der Waals surface area contributed by atoms with Crippen LogP contribution in [-0.2, 0) is 6.54 Å². The molecule has 0 aliphatic heterocycles. The molecule has 3 aromatic rings. The van der Waals surface area contributed by atoms with Gasteiger partial charge >= 0.3 is 0 Å². The molecule has 0 radical (unpaired) electrons. The van der Waals surface area contributed by atoms with Crippen molar-refractivity contribution in [3.63, 3.8) is 0 Å². The second-order valence-corrected chi connectivity index (χ2v) is 4.08. The highest BCUT2D eigenvalue weighted by Gasteiger charge is 2.14. The molecule has 5 heteroatoms. The number of nitrogens with two attached hydrogens (primary N) is 1. The van der Waals surface area contributed by atoms with Gasteiger partial charge < -0.3 is 5.73 Å². The summed E-state index contributed by atoms with van der Waals surface area (Å²) in [6, 6.07) is 13.7. The maximum Gasteiger partial charge on any atom is 0.105 e. The Hall–Kier alpha value is -2.53. The fraction of sp³-hybridized carbons (Fsp3) is 0.0714. The van der Waals surface area contributed by atoms with Crippen molar-refractivity contribution in [2.75, 3.05) is 0 Å². The fourth-order valence-electron chi connectivity index (χ4n) is 1.99. The van der Waals surface area contributed by atoms with Crippen LogP contribution in [0.25, 0.3) is 16.9 Å². The lowest BCUT2D eigenvalue weighted by Crippen LogP contribution is -2.02. The van der Waals surface area contributed by atoms with Crippen LogP contribution in [0.3, 0.4) is 0 Å². The van der Waals surface area contributed by atoms with Crippen molar-refractivity contribution in [1.82, 2.24) is 20.0 Å². The van der Waals surface area contributed by atoms with Crippen LogP contribution in [0.5, 0.6) is 0 Å². The Balaban J connectivity index is 2.20. The Morgan fingerprint density at radius 3 is 2.58 bits per heavy atom. The number of para-hydroxylation sites is 1. The van der Waals surface area contributed by atoms with Crippen LogP contribution >= 0.6 is 0 Å². The molecular weight excluding hydrogens is 238 g/mol. The van der Waals surface area contributed by atoms with Crippen molar-refractivity contribution in [3.8, 4) is 16.9 Å². The topological polar surface area (TPSA) is 69.6 Å². The minimum absolute atomic E-state index is 0.344. The first-order valence-corrected chi connectivity index (χ1v) is 6.00.